The highest BCUT2D eigenvalue weighted by molar-refractivity contribution is 4.99. The van der Waals surface area contributed by atoms with Crippen molar-refractivity contribution in [1.82, 2.24) is 4.90 Å². The average molecular weight is 170 g/mol. The molecule has 0 aliphatic carbocycles. The highest BCUT2D eigenvalue weighted by Gasteiger charge is 2.21. The van der Waals surface area contributed by atoms with Crippen molar-refractivity contribution in [2.75, 3.05) is 33.3 Å². The van der Waals surface area contributed by atoms with Crippen LogP contribution in [0.4, 0.5) is 0 Å². The van der Waals surface area contributed by atoms with Crippen molar-refractivity contribution in [2.24, 2.45) is 5.73 Å². The first-order chi connectivity index (χ1) is 5.76. The lowest BCUT2D eigenvalue weighted by molar-refractivity contribution is 0.109. The summed E-state index contributed by atoms with van der Waals surface area (Å²) in [6, 6.07) is 0. The number of methoxy groups -OCH3 is 1. The third kappa shape index (κ3) is 2.59. The van der Waals surface area contributed by atoms with Crippen molar-refractivity contribution in [2.45, 2.75) is 12.5 Å². The lowest BCUT2D eigenvalue weighted by Gasteiger charge is -2.15. The molecule has 0 saturated carbocycles. The number of nitrogens with two attached hydrogens (primary N) is 1. The molecule has 1 aliphatic heterocycles. The van der Waals surface area contributed by atoms with E-state index in [1.165, 1.54) is 0 Å². The van der Waals surface area contributed by atoms with E-state index >= 15 is 0 Å². The number of hydrogen-bond donors (Lipinski definition) is 1. The van der Waals surface area contributed by atoms with E-state index in [4.69, 9.17) is 10.5 Å². The predicted molar refractivity (Wildman–Crippen MR) is 50.0 cm³/mol. The van der Waals surface area contributed by atoms with Gasteiger partial charge in [-0.1, -0.05) is 6.58 Å². The van der Waals surface area contributed by atoms with Crippen LogP contribution in [0.2, 0.25) is 0 Å². The molecule has 70 valence electrons. The normalized spacial score (nSPS) is 24.7. The molecular formula is C9H18N2O. The predicted octanol–water partition coefficient (Wildman–Crippen LogP) is 0.222. The minimum Gasteiger partial charge on any atom is -0.380 e. The van der Waals surface area contributed by atoms with Crippen LogP contribution in [0.1, 0.15) is 6.42 Å². The minimum absolute atomic E-state index is 0.413. The zero-order valence-corrected chi connectivity index (χ0v) is 7.75. The molecule has 12 heavy (non-hydrogen) atoms. The van der Waals surface area contributed by atoms with Crippen LogP contribution in [-0.2, 0) is 4.74 Å². The summed E-state index contributed by atoms with van der Waals surface area (Å²) < 4.78 is 5.25. The quantitative estimate of drug-likeness (QED) is 0.613. The van der Waals surface area contributed by atoms with Gasteiger partial charge in [0.1, 0.15) is 0 Å². The Balaban J connectivity index is 2.23. The van der Waals surface area contributed by atoms with E-state index < -0.39 is 0 Å². The molecule has 3 nitrogen and oxygen atoms in total. The van der Waals surface area contributed by atoms with Gasteiger partial charge < -0.3 is 10.5 Å². The fourth-order valence-electron chi connectivity index (χ4n) is 1.51. The summed E-state index contributed by atoms with van der Waals surface area (Å²) >= 11 is 0. The van der Waals surface area contributed by atoms with E-state index in [1.54, 1.807) is 7.11 Å². The van der Waals surface area contributed by atoms with Gasteiger partial charge in [0.25, 0.3) is 0 Å². The molecule has 1 heterocycles. The van der Waals surface area contributed by atoms with Gasteiger partial charge in [-0.2, -0.15) is 0 Å². The van der Waals surface area contributed by atoms with E-state index in [1.807, 2.05) is 0 Å². The van der Waals surface area contributed by atoms with Gasteiger partial charge in [-0.15, -0.1) is 0 Å². The second-order valence-electron chi connectivity index (χ2n) is 3.34. The van der Waals surface area contributed by atoms with Crippen molar-refractivity contribution in [3.8, 4) is 0 Å². The summed E-state index contributed by atoms with van der Waals surface area (Å²) in [5, 5.41) is 0. The second-order valence-corrected chi connectivity index (χ2v) is 3.34. The molecule has 1 aliphatic rings. The molecule has 1 rings (SSSR count). The zero-order valence-electron chi connectivity index (χ0n) is 7.75. The van der Waals surface area contributed by atoms with Crippen LogP contribution in [0.25, 0.3) is 0 Å². The van der Waals surface area contributed by atoms with E-state index in [0.717, 1.165) is 31.6 Å². The van der Waals surface area contributed by atoms with Crippen LogP contribution in [0, 0.1) is 0 Å². The Morgan fingerprint density at radius 3 is 3.00 bits per heavy atom. The Bertz CT molecular complexity index is 159. The number of rotatable bonds is 4. The van der Waals surface area contributed by atoms with Gasteiger partial charge in [0.05, 0.1) is 6.10 Å². The van der Waals surface area contributed by atoms with Crippen molar-refractivity contribution < 1.29 is 4.74 Å². The van der Waals surface area contributed by atoms with E-state index in [9.17, 15) is 0 Å². The number of hydrogen-bond acceptors (Lipinski definition) is 3. The van der Waals surface area contributed by atoms with Gasteiger partial charge in [-0.3, -0.25) is 4.90 Å². The Kier molecular flexibility index (Phi) is 3.72. The van der Waals surface area contributed by atoms with Crippen LogP contribution in [0.3, 0.4) is 0 Å². The highest BCUT2D eigenvalue weighted by Crippen LogP contribution is 2.12. The maximum absolute atomic E-state index is 5.46. The first-order valence-electron chi connectivity index (χ1n) is 4.38. The summed E-state index contributed by atoms with van der Waals surface area (Å²) in [6.07, 6.45) is 1.55. The van der Waals surface area contributed by atoms with Gasteiger partial charge in [-0.25, -0.2) is 0 Å². The van der Waals surface area contributed by atoms with Crippen LogP contribution in [-0.4, -0.2) is 44.3 Å². The third-order valence-corrected chi connectivity index (χ3v) is 2.30. The molecule has 0 aromatic heterocycles. The molecule has 0 spiro atoms. The summed E-state index contributed by atoms with van der Waals surface area (Å²) in [5.41, 5.74) is 6.56. The molecule has 0 aromatic rings. The topological polar surface area (TPSA) is 38.5 Å². The van der Waals surface area contributed by atoms with E-state index in [0.29, 0.717) is 12.6 Å². The molecule has 1 unspecified atom stereocenters. The first kappa shape index (κ1) is 9.71. The van der Waals surface area contributed by atoms with Crippen molar-refractivity contribution in [3.63, 3.8) is 0 Å². The molecular weight excluding hydrogens is 152 g/mol. The molecule has 1 atom stereocenters. The smallest absolute Gasteiger partial charge is 0.0710 e. The van der Waals surface area contributed by atoms with Gasteiger partial charge in [0, 0.05) is 33.3 Å². The first-order valence-corrected chi connectivity index (χ1v) is 4.38. The maximum atomic E-state index is 5.46. The fourth-order valence-corrected chi connectivity index (χ4v) is 1.51. The van der Waals surface area contributed by atoms with Crippen LogP contribution in [0.15, 0.2) is 12.2 Å². The van der Waals surface area contributed by atoms with Gasteiger partial charge in [0.15, 0.2) is 0 Å². The molecule has 0 bridgehead atoms. The molecule has 1 fully saturated rings. The van der Waals surface area contributed by atoms with Gasteiger partial charge >= 0.3 is 0 Å². The summed E-state index contributed by atoms with van der Waals surface area (Å²) in [5.74, 6) is 0. The highest BCUT2D eigenvalue weighted by atomic mass is 16.5. The Morgan fingerprint density at radius 1 is 1.75 bits per heavy atom. The molecule has 0 radical (unpaired) electrons. The lowest BCUT2D eigenvalue weighted by Crippen LogP contribution is -2.26. The largest absolute Gasteiger partial charge is 0.380 e. The Morgan fingerprint density at radius 2 is 2.50 bits per heavy atom. The average Bonchev–Trinajstić information content (AvgIpc) is 2.52. The second kappa shape index (κ2) is 4.60. The summed E-state index contributed by atoms with van der Waals surface area (Å²) in [6.45, 7) is 7.53. The van der Waals surface area contributed by atoms with E-state index in [-0.39, 0.29) is 0 Å². The Hall–Kier alpha value is -0.380. The minimum atomic E-state index is 0.413. The van der Waals surface area contributed by atoms with E-state index in [2.05, 4.69) is 11.5 Å². The molecule has 2 N–H and O–H groups in total. The summed E-state index contributed by atoms with van der Waals surface area (Å²) in [4.78, 5) is 2.34. The van der Waals surface area contributed by atoms with Gasteiger partial charge in [-0.05, 0) is 12.0 Å². The van der Waals surface area contributed by atoms with Crippen LogP contribution >= 0.6 is 0 Å². The number of nitrogens with zero attached hydrogens (tertiary/aromatic N) is 1. The summed E-state index contributed by atoms with van der Waals surface area (Å²) in [7, 11) is 1.77. The number of ether oxygens (including phenoxy) is 1. The third-order valence-electron chi connectivity index (χ3n) is 2.30. The van der Waals surface area contributed by atoms with Crippen LogP contribution in [0.5, 0.6) is 0 Å². The van der Waals surface area contributed by atoms with Crippen molar-refractivity contribution >= 4 is 0 Å². The zero-order chi connectivity index (χ0) is 8.97. The molecule has 0 aromatic carbocycles. The number of likely N-dealkylation sites (tertiary alicyclic amines) is 1. The molecule has 0 amide bonds. The maximum Gasteiger partial charge on any atom is 0.0710 e. The fraction of sp³-hybridized carbons (Fsp3) is 0.778. The standard InChI is InChI=1S/C9H18N2O/c1-8(5-10)6-11-4-3-9(7-11)12-2/h9H,1,3-7,10H2,2H3. The molecule has 3 heteroatoms. The lowest BCUT2D eigenvalue weighted by atomic mass is 10.3. The van der Waals surface area contributed by atoms with Gasteiger partial charge in [0.2, 0.25) is 0 Å². The Labute approximate surface area is 74.2 Å². The van der Waals surface area contributed by atoms with Crippen molar-refractivity contribution in [1.29, 1.82) is 0 Å². The SMILES string of the molecule is C=C(CN)CN1CCC(OC)C1. The molecule has 1 saturated heterocycles. The van der Waals surface area contributed by atoms with Crippen LogP contribution < -0.4 is 5.73 Å². The monoisotopic (exact) mass is 170 g/mol. The van der Waals surface area contributed by atoms with Crippen molar-refractivity contribution in [3.05, 3.63) is 12.2 Å².